The molecule has 2 amide bonds. The van der Waals surface area contributed by atoms with Crippen LogP contribution in [0.15, 0.2) is 48.5 Å². The molecule has 2 aromatic carbocycles. The molecular weight excluding hydrogens is 366 g/mol. The second-order valence-electron chi connectivity index (χ2n) is 8.06. The molecule has 5 rings (SSSR count). The number of hydrogen-bond acceptors (Lipinski definition) is 4. The normalized spacial score (nSPS) is 26.0. The molecule has 0 spiro atoms. The second kappa shape index (κ2) is 7.19. The van der Waals surface area contributed by atoms with Gasteiger partial charge in [-0.2, -0.15) is 0 Å². The van der Waals surface area contributed by atoms with E-state index in [1.165, 1.54) is 5.56 Å². The summed E-state index contributed by atoms with van der Waals surface area (Å²) in [5.74, 6) is -0.0791. The number of likely N-dealkylation sites (tertiary alicyclic amines) is 1. The van der Waals surface area contributed by atoms with Gasteiger partial charge in [-0.1, -0.05) is 42.5 Å². The van der Waals surface area contributed by atoms with E-state index >= 15 is 0 Å². The zero-order chi connectivity index (χ0) is 19.8. The molecule has 2 N–H and O–H groups in total. The van der Waals surface area contributed by atoms with E-state index in [-0.39, 0.29) is 24.5 Å². The summed E-state index contributed by atoms with van der Waals surface area (Å²) in [7, 11) is 0. The third kappa shape index (κ3) is 3.08. The van der Waals surface area contributed by atoms with Crippen molar-refractivity contribution in [3.8, 4) is 0 Å². The van der Waals surface area contributed by atoms with Crippen molar-refractivity contribution in [2.45, 2.75) is 30.9 Å². The molecule has 2 fully saturated rings. The van der Waals surface area contributed by atoms with E-state index in [9.17, 15) is 9.59 Å². The number of aryl methyl sites for hydroxylation is 1. The minimum atomic E-state index is -0.582. The lowest BCUT2D eigenvalue weighted by atomic mass is 9.77. The van der Waals surface area contributed by atoms with Gasteiger partial charge >= 0.3 is 0 Å². The molecular formula is C23H25N3O3. The van der Waals surface area contributed by atoms with Crippen molar-refractivity contribution in [3.05, 3.63) is 65.2 Å². The lowest BCUT2D eigenvalue weighted by Crippen LogP contribution is -2.67. The standard InChI is InChI=1S/C23H25N3O3/c27-20-15-29-19-14-26(13-11-23(19,25-20)17-8-2-1-3-9-17)22(28)18-10-4-6-16-7-5-12-24-21(16)18/h1-4,6,8-10,19,24H,5,7,11-15H2,(H,25,27)/t19-,23+/m1/s1. The van der Waals surface area contributed by atoms with Crippen LogP contribution in [0.4, 0.5) is 5.69 Å². The predicted octanol–water partition coefficient (Wildman–Crippen LogP) is 2.30. The van der Waals surface area contributed by atoms with Gasteiger partial charge in [-0.3, -0.25) is 9.59 Å². The van der Waals surface area contributed by atoms with Crippen molar-refractivity contribution >= 4 is 17.5 Å². The lowest BCUT2D eigenvalue weighted by Gasteiger charge is -2.50. The van der Waals surface area contributed by atoms with Gasteiger partial charge in [-0.05, 0) is 36.5 Å². The van der Waals surface area contributed by atoms with Gasteiger partial charge < -0.3 is 20.3 Å². The number of nitrogens with zero attached hydrogens (tertiary/aromatic N) is 1. The molecule has 2 saturated heterocycles. The first-order valence-electron chi connectivity index (χ1n) is 10.3. The SMILES string of the molecule is O=C1CO[C@@H]2CN(C(=O)c3cccc4c3NCCC4)CC[C@@]2(c2ccccc2)N1. The maximum atomic E-state index is 13.4. The van der Waals surface area contributed by atoms with Crippen LogP contribution in [-0.2, 0) is 21.5 Å². The first-order chi connectivity index (χ1) is 14.2. The van der Waals surface area contributed by atoms with Gasteiger partial charge in [0, 0.05) is 19.6 Å². The topological polar surface area (TPSA) is 70.7 Å². The van der Waals surface area contributed by atoms with E-state index in [1.807, 2.05) is 47.4 Å². The Morgan fingerprint density at radius 3 is 2.86 bits per heavy atom. The monoisotopic (exact) mass is 391 g/mol. The highest BCUT2D eigenvalue weighted by Crippen LogP contribution is 2.38. The van der Waals surface area contributed by atoms with Gasteiger partial charge in [0.25, 0.3) is 5.91 Å². The maximum absolute atomic E-state index is 13.4. The molecule has 6 heteroatoms. The van der Waals surface area contributed by atoms with Crippen LogP contribution < -0.4 is 10.6 Å². The van der Waals surface area contributed by atoms with Gasteiger partial charge in [0.2, 0.25) is 5.91 Å². The Bertz CT molecular complexity index is 946. The molecule has 0 saturated carbocycles. The predicted molar refractivity (Wildman–Crippen MR) is 110 cm³/mol. The Labute approximate surface area is 170 Å². The number of piperidine rings is 1. The first kappa shape index (κ1) is 18.2. The summed E-state index contributed by atoms with van der Waals surface area (Å²) in [5.41, 5.74) is 3.36. The minimum Gasteiger partial charge on any atom is -0.384 e. The number of carbonyl (C=O) groups is 2. The highest BCUT2D eigenvalue weighted by atomic mass is 16.5. The molecule has 29 heavy (non-hydrogen) atoms. The van der Waals surface area contributed by atoms with Crippen molar-refractivity contribution in [2.24, 2.45) is 0 Å². The Kier molecular flexibility index (Phi) is 4.51. The van der Waals surface area contributed by atoms with Gasteiger partial charge in [-0.25, -0.2) is 0 Å². The number of ether oxygens (including phenoxy) is 1. The van der Waals surface area contributed by atoms with Crippen molar-refractivity contribution < 1.29 is 14.3 Å². The zero-order valence-electron chi connectivity index (χ0n) is 16.3. The molecule has 2 atom stereocenters. The minimum absolute atomic E-state index is 0.0263. The molecule has 0 radical (unpaired) electrons. The van der Waals surface area contributed by atoms with Crippen LogP contribution in [0.2, 0.25) is 0 Å². The third-order valence-electron chi connectivity index (χ3n) is 6.37. The maximum Gasteiger partial charge on any atom is 0.256 e. The molecule has 0 aromatic heterocycles. The lowest BCUT2D eigenvalue weighted by molar-refractivity contribution is -0.150. The molecule has 0 aliphatic carbocycles. The number of nitrogens with one attached hydrogen (secondary N) is 2. The van der Waals surface area contributed by atoms with Crippen molar-refractivity contribution in [2.75, 3.05) is 31.6 Å². The summed E-state index contributed by atoms with van der Waals surface area (Å²) in [6, 6.07) is 15.9. The van der Waals surface area contributed by atoms with Crippen molar-refractivity contribution in [3.63, 3.8) is 0 Å². The van der Waals surface area contributed by atoms with Crippen molar-refractivity contribution in [1.29, 1.82) is 0 Å². The average molecular weight is 391 g/mol. The summed E-state index contributed by atoms with van der Waals surface area (Å²) >= 11 is 0. The van der Waals surface area contributed by atoms with E-state index in [0.717, 1.165) is 36.2 Å². The fourth-order valence-electron chi connectivity index (χ4n) is 4.90. The zero-order valence-corrected chi connectivity index (χ0v) is 16.3. The molecule has 150 valence electrons. The number of rotatable bonds is 2. The highest BCUT2D eigenvalue weighted by molar-refractivity contribution is 6.00. The fraction of sp³-hybridized carbons (Fsp3) is 0.391. The highest BCUT2D eigenvalue weighted by Gasteiger charge is 2.50. The average Bonchev–Trinajstić information content (AvgIpc) is 2.78. The number of amides is 2. The Balaban J connectivity index is 1.43. The Hall–Kier alpha value is -2.86. The Morgan fingerprint density at radius 1 is 1.14 bits per heavy atom. The quantitative estimate of drug-likeness (QED) is 0.824. The molecule has 3 heterocycles. The molecule has 3 aliphatic heterocycles. The number of para-hydroxylation sites is 1. The third-order valence-corrected chi connectivity index (χ3v) is 6.37. The summed E-state index contributed by atoms with van der Waals surface area (Å²) in [4.78, 5) is 27.4. The molecule has 6 nitrogen and oxygen atoms in total. The fourth-order valence-corrected chi connectivity index (χ4v) is 4.90. The molecule has 0 unspecified atom stereocenters. The number of morpholine rings is 1. The Morgan fingerprint density at radius 2 is 2.00 bits per heavy atom. The smallest absolute Gasteiger partial charge is 0.256 e. The van der Waals surface area contributed by atoms with E-state index in [4.69, 9.17) is 4.74 Å². The van der Waals surface area contributed by atoms with Crippen LogP contribution in [0.25, 0.3) is 0 Å². The van der Waals surface area contributed by atoms with Gasteiger partial charge in [0.15, 0.2) is 0 Å². The largest absolute Gasteiger partial charge is 0.384 e. The second-order valence-corrected chi connectivity index (χ2v) is 8.06. The van der Waals surface area contributed by atoms with E-state index < -0.39 is 5.54 Å². The van der Waals surface area contributed by atoms with E-state index in [1.54, 1.807) is 0 Å². The molecule has 0 bridgehead atoms. The van der Waals surface area contributed by atoms with Gasteiger partial charge in [0.1, 0.15) is 12.7 Å². The molecule has 3 aliphatic rings. The summed E-state index contributed by atoms with van der Waals surface area (Å²) in [6.07, 6.45) is 2.44. The summed E-state index contributed by atoms with van der Waals surface area (Å²) < 4.78 is 5.96. The summed E-state index contributed by atoms with van der Waals surface area (Å²) in [5, 5.41) is 6.59. The van der Waals surface area contributed by atoms with Crippen LogP contribution in [-0.4, -0.2) is 49.1 Å². The van der Waals surface area contributed by atoms with Crippen LogP contribution in [0, 0.1) is 0 Å². The van der Waals surface area contributed by atoms with Gasteiger partial charge in [-0.15, -0.1) is 0 Å². The van der Waals surface area contributed by atoms with Crippen LogP contribution in [0.5, 0.6) is 0 Å². The van der Waals surface area contributed by atoms with Crippen molar-refractivity contribution in [1.82, 2.24) is 10.2 Å². The van der Waals surface area contributed by atoms with Crippen LogP contribution in [0.3, 0.4) is 0 Å². The number of fused-ring (bicyclic) bond motifs is 2. The number of hydrogen-bond donors (Lipinski definition) is 2. The number of carbonyl (C=O) groups excluding carboxylic acids is 2. The number of anilines is 1. The summed E-state index contributed by atoms with van der Waals surface area (Å²) in [6.45, 7) is 1.95. The van der Waals surface area contributed by atoms with Gasteiger partial charge in [0.05, 0.1) is 16.8 Å². The van der Waals surface area contributed by atoms with E-state index in [2.05, 4.69) is 16.7 Å². The molecule has 2 aromatic rings. The van der Waals surface area contributed by atoms with Crippen LogP contribution in [0.1, 0.15) is 34.3 Å². The van der Waals surface area contributed by atoms with E-state index in [0.29, 0.717) is 19.5 Å². The number of benzene rings is 2. The van der Waals surface area contributed by atoms with Crippen LogP contribution >= 0.6 is 0 Å². The first-order valence-corrected chi connectivity index (χ1v) is 10.3.